The number of carbonyl (C=O) groups is 1. The van der Waals surface area contributed by atoms with Gasteiger partial charge in [0.15, 0.2) is 0 Å². The predicted molar refractivity (Wildman–Crippen MR) is 86.0 cm³/mol. The first-order valence-electron chi connectivity index (χ1n) is 6.71. The number of aromatic nitrogens is 1. The zero-order valence-electron chi connectivity index (χ0n) is 12.1. The topological polar surface area (TPSA) is 68.4 Å². The molecule has 0 saturated carbocycles. The van der Waals surface area contributed by atoms with Gasteiger partial charge in [-0.05, 0) is 17.7 Å². The van der Waals surface area contributed by atoms with Gasteiger partial charge in [-0.3, -0.25) is 9.59 Å². The van der Waals surface area contributed by atoms with Crippen molar-refractivity contribution >= 4 is 29.1 Å². The lowest BCUT2D eigenvalue weighted by atomic mass is 9.85. The molecule has 22 heavy (non-hydrogen) atoms. The maximum absolute atomic E-state index is 12.1. The summed E-state index contributed by atoms with van der Waals surface area (Å²) in [6.07, 6.45) is 0. The van der Waals surface area contributed by atoms with Crippen molar-refractivity contribution in [2.24, 2.45) is 5.92 Å². The van der Waals surface area contributed by atoms with E-state index in [2.05, 4.69) is 4.98 Å². The fourth-order valence-corrected chi connectivity index (χ4v) is 5.04. The highest BCUT2D eigenvalue weighted by Gasteiger charge is 2.38. The predicted octanol–water partition coefficient (Wildman–Crippen LogP) is 2.47. The Bertz CT molecular complexity index is 735. The molecule has 3 rings (SSSR count). The number of hydrogen-bond acceptors (Lipinski definition) is 6. The fourth-order valence-electron chi connectivity index (χ4n) is 2.64. The summed E-state index contributed by atoms with van der Waals surface area (Å²) in [5, 5.41) is 0.857. The SMILES string of the molecule is COC(=O)C1CSc2[nH]c(=O)sc2C1c1ccc(OC)cc1. The molecular weight excluding hydrogens is 322 g/mol. The van der Waals surface area contributed by atoms with Gasteiger partial charge in [-0.1, -0.05) is 23.5 Å². The normalized spacial score (nSPS) is 20.3. The van der Waals surface area contributed by atoms with Gasteiger partial charge in [0, 0.05) is 16.5 Å². The van der Waals surface area contributed by atoms with Crippen molar-refractivity contribution in [1.29, 1.82) is 0 Å². The summed E-state index contributed by atoms with van der Waals surface area (Å²) in [6.45, 7) is 0. The average molecular weight is 337 g/mol. The number of ether oxygens (including phenoxy) is 2. The molecular formula is C15H15NO4S2. The number of aromatic amines is 1. The zero-order chi connectivity index (χ0) is 15.7. The molecule has 0 spiro atoms. The van der Waals surface area contributed by atoms with Gasteiger partial charge in [-0.25, -0.2) is 0 Å². The summed E-state index contributed by atoms with van der Waals surface area (Å²) in [5.74, 6) is 0.620. The Morgan fingerprint density at radius 1 is 1.27 bits per heavy atom. The minimum absolute atomic E-state index is 0.0958. The number of fused-ring (bicyclic) bond motifs is 1. The van der Waals surface area contributed by atoms with E-state index in [1.807, 2.05) is 24.3 Å². The number of hydrogen-bond donors (Lipinski definition) is 1. The van der Waals surface area contributed by atoms with E-state index in [9.17, 15) is 9.59 Å². The van der Waals surface area contributed by atoms with Crippen LogP contribution in [0.5, 0.6) is 5.75 Å². The first-order valence-corrected chi connectivity index (χ1v) is 8.52. The lowest BCUT2D eigenvalue weighted by Crippen LogP contribution is -2.29. The molecule has 116 valence electrons. The van der Waals surface area contributed by atoms with Gasteiger partial charge in [-0.15, -0.1) is 11.8 Å². The third-order valence-corrected chi connectivity index (χ3v) is 5.94. The second kappa shape index (κ2) is 6.18. The second-order valence-electron chi connectivity index (χ2n) is 4.90. The Morgan fingerprint density at radius 3 is 2.64 bits per heavy atom. The van der Waals surface area contributed by atoms with Crippen LogP contribution in [0.2, 0.25) is 0 Å². The molecule has 2 unspecified atom stereocenters. The molecule has 0 fully saturated rings. The van der Waals surface area contributed by atoms with E-state index in [1.165, 1.54) is 18.9 Å². The first-order chi connectivity index (χ1) is 10.6. The summed E-state index contributed by atoms with van der Waals surface area (Å²) in [7, 11) is 3.01. The van der Waals surface area contributed by atoms with Crippen molar-refractivity contribution in [3.63, 3.8) is 0 Å². The van der Waals surface area contributed by atoms with Gasteiger partial charge in [0.1, 0.15) is 5.75 Å². The van der Waals surface area contributed by atoms with Crippen LogP contribution in [0.25, 0.3) is 0 Å². The van der Waals surface area contributed by atoms with Crippen molar-refractivity contribution in [3.8, 4) is 5.75 Å². The standard InChI is InChI=1S/C15H15NO4S2/c1-19-9-5-3-8(4-6-9)11-10(14(17)20-2)7-21-13-12(11)22-15(18)16-13/h3-6,10-11H,7H2,1-2H3,(H,16,18). The van der Waals surface area contributed by atoms with E-state index in [4.69, 9.17) is 9.47 Å². The average Bonchev–Trinajstić information content (AvgIpc) is 2.93. The summed E-state index contributed by atoms with van der Waals surface area (Å²) in [5.41, 5.74) is 0.980. The van der Waals surface area contributed by atoms with Crippen LogP contribution in [0.3, 0.4) is 0 Å². The lowest BCUT2D eigenvalue weighted by Gasteiger charge is -2.29. The van der Waals surface area contributed by atoms with Crippen LogP contribution >= 0.6 is 23.1 Å². The van der Waals surface area contributed by atoms with Gasteiger partial charge >= 0.3 is 10.8 Å². The van der Waals surface area contributed by atoms with Crippen molar-refractivity contribution in [3.05, 3.63) is 44.4 Å². The summed E-state index contributed by atoms with van der Waals surface area (Å²) in [4.78, 5) is 27.5. The van der Waals surface area contributed by atoms with Crippen molar-refractivity contribution in [2.75, 3.05) is 20.0 Å². The van der Waals surface area contributed by atoms with Crippen LogP contribution < -0.4 is 9.61 Å². The molecule has 2 atom stereocenters. The van der Waals surface area contributed by atoms with Crippen molar-refractivity contribution in [1.82, 2.24) is 4.98 Å². The van der Waals surface area contributed by atoms with Crippen LogP contribution in [0.15, 0.2) is 34.1 Å². The Morgan fingerprint density at radius 2 is 2.00 bits per heavy atom. The second-order valence-corrected chi connectivity index (χ2v) is 6.94. The molecule has 0 amide bonds. The molecule has 0 bridgehead atoms. The number of benzene rings is 1. The Balaban J connectivity index is 2.08. The quantitative estimate of drug-likeness (QED) is 0.872. The van der Waals surface area contributed by atoms with Crippen LogP contribution in [0.1, 0.15) is 16.4 Å². The number of carbonyl (C=O) groups excluding carboxylic acids is 1. The maximum atomic E-state index is 12.1. The summed E-state index contributed by atoms with van der Waals surface area (Å²) < 4.78 is 10.1. The number of esters is 1. The molecule has 7 heteroatoms. The summed E-state index contributed by atoms with van der Waals surface area (Å²) >= 11 is 2.66. The number of H-pyrrole nitrogens is 1. The largest absolute Gasteiger partial charge is 0.497 e. The number of nitrogens with one attached hydrogen (secondary N) is 1. The molecule has 0 saturated heterocycles. The Kier molecular flexibility index (Phi) is 4.26. The molecule has 1 aromatic carbocycles. The number of thioether (sulfide) groups is 1. The van der Waals surface area contributed by atoms with Crippen molar-refractivity contribution < 1.29 is 14.3 Å². The maximum Gasteiger partial charge on any atom is 0.310 e. The highest BCUT2D eigenvalue weighted by atomic mass is 32.2. The van der Waals surface area contributed by atoms with E-state index in [0.717, 1.165) is 32.6 Å². The molecule has 0 aliphatic carbocycles. The molecule has 1 N–H and O–H groups in total. The van der Waals surface area contributed by atoms with E-state index >= 15 is 0 Å². The molecule has 2 aromatic rings. The van der Waals surface area contributed by atoms with Gasteiger partial charge < -0.3 is 14.5 Å². The number of rotatable bonds is 3. The number of methoxy groups -OCH3 is 2. The lowest BCUT2D eigenvalue weighted by molar-refractivity contribution is -0.145. The van der Waals surface area contributed by atoms with Crippen LogP contribution in [0, 0.1) is 5.92 Å². The smallest absolute Gasteiger partial charge is 0.310 e. The van der Waals surface area contributed by atoms with Gasteiger partial charge in [0.25, 0.3) is 0 Å². The summed E-state index contributed by atoms with van der Waals surface area (Å²) in [6, 6.07) is 7.59. The Labute approximate surface area is 135 Å². The van der Waals surface area contributed by atoms with E-state index in [-0.39, 0.29) is 22.7 Å². The molecule has 1 aromatic heterocycles. The van der Waals surface area contributed by atoms with E-state index < -0.39 is 0 Å². The van der Waals surface area contributed by atoms with E-state index in [0.29, 0.717) is 5.75 Å². The van der Waals surface area contributed by atoms with Gasteiger partial charge in [0.2, 0.25) is 0 Å². The van der Waals surface area contributed by atoms with Crippen LogP contribution in [-0.4, -0.2) is 30.9 Å². The monoisotopic (exact) mass is 337 g/mol. The highest BCUT2D eigenvalue weighted by Crippen LogP contribution is 2.45. The van der Waals surface area contributed by atoms with Crippen LogP contribution in [0.4, 0.5) is 0 Å². The minimum Gasteiger partial charge on any atom is -0.497 e. The molecule has 1 aliphatic heterocycles. The number of thiazole rings is 1. The minimum atomic E-state index is -0.303. The molecule has 1 aliphatic rings. The van der Waals surface area contributed by atoms with Gasteiger partial charge in [-0.2, -0.15) is 0 Å². The molecule has 2 heterocycles. The fraction of sp³-hybridized carbons (Fsp3) is 0.333. The molecule has 5 nitrogen and oxygen atoms in total. The third kappa shape index (κ3) is 2.66. The van der Waals surface area contributed by atoms with E-state index in [1.54, 1.807) is 7.11 Å². The molecule has 0 radical (unpaired) electrons. The van der Waals surface area contributed by atoms with Gasteiger partial charge in [0.05, 0.1) is 25.2 Å². The zero-order valence-corrected chi connectivity index (χ0v) is 13.8. The van der Waals surface area contributed by atoms with Crippen molar-refractivity contribution in [2.45, 2.75) is 10.9 Å². The third-order valence-electron chi connectivity index (χ3n) is 3.71. The first kappa shape index (κ1) is 15.2. The highest BCUT2D eigenvalue weighted by molar-refractivity contribution is 7.99. The van der Waals surface area contributed by atoms with Crippen LogP contribution in [-0.2, 0) is 9.53 Å². The Hall–Kier alpha value is -1.73.